The van der Waals surface area contributed by atoms with Crippen molar-refractivity contribution in [2.45, 2.75) is 9.71 Å². The Hall–Kier alpha value is -0.620. The van der Waals surface area contributed by atoms with Crippen LogP contribution in [0.5, 0.6) is 0 Å². The molecule has 1 amide bonds. The number of hydrogen-bond acceptors (Lipinski definition) is 3. The number of halogens is 4. The number of rotatable bonds is 4. The maximum atomic E-state index is 11.6. The van der Waals surface area contributed by atoms with Crippen LogP contribution in [-0.2, 0) is 9.67 Å². The summed E-state index contributed by atoms with van der Waals surface area (Å²) in [6, 6.07) is 13.0. The lowest BCUT2D eigenvalue weighted by atomic mass is 9.97. The van der Waals surface area contributed by atoms with E-state index in [1.807, 2.05) is 30.3 Å². The zero-order chi connectivity index (χ0) is 18.0. The van der Waals surface area contributed by atoms with E-state index in [4.69, 9.17) is 46.4 Å². The van der Waals surface area contributed by atoms with Crippen LogP contribution in [0.2, 0.25) is 10.0 Å². The summed E-state index contributed by atoms with van der Waals surface area (Å²) in [5, 5.41) is 7.40. The average molecular weight is 436 g/mol. The van der Waals surface area contributed by atoms with Crippen molar-refractivity contribution in [1.82, 2.24) is 5.32 Å². The molecule has 0 aliphatic carbocycles. The Morgan fingerprint density at radius 3 is 2.28 bits per heavy atom. The Morgan fingerprint density at radius 2 is 1.76 bits per heavy atom. The quantitative estimate of drug-likeness (QED) is 0.642. The van der Waals surface area contributed by atoms with Crippen molar-refractivity contribution in [1.29, 1.82) is 0 Å². The topological polar surface area (TPSA) is 41.1 Å². The van der Waals surface area contributed by atoms with Crippen molar-refractivity contribution in [2.75, 3.05) is 17.6 Å². The van der Waals surface area contributed by atoms with Gasteiger partial charge in [0.1, 0.15) is 4.87 Å². The highest BCUT2D eigenvalue weighted by molar-refractivity contribution is 8.00. The van der Waals surface area contributed by atoms with Gasteiger partial charge in [-0.15, -0.1) is 11.8 Å². The van der Waals surface area contributed by atoms with Gasteiger partial charge in [0, 0.05) is 33.6 Å². The van der Waals surface area contributed by atoms with E-state index in [1.54, 1.807) is 23.9 Å². The van der Waals surface area contributed by atoms with Gasteiger partial charge in [-0.05, 0) is 29.8 Å². The number of anilines is 1. The SMILES string of the molecule is O=C(Nc1ccc(C2(c3c(Cl)cccc3Cl)NCCS2)cc1)C(Cl)Cl. The van der Waals surface area contributed by atoms with Crippen molar-refractivity contribution in [3.8, 4) is 0 Å². The lowest BCUT2D eigenvalue weighted by molar-refractivity contribution is -0.114. The largest absolute Gasteiger partial charge is 0.324 e. The van der Waals surface area contributed by atoms with Crippen molar-refractivity contribution in [3.63, 3.8) is 0 Å². The number of carbonyl (C=O) groups excluding carboxylic acids is 1. The van der Waals surface area contributed by atoms with Gasteiger partial charge >= 0.3 is 0 Å². The molecule has 0 bridgehead atoms. The van der Waals surface area contributed by atoms with Crippen LogP contribution in [0.1, 0.15) is 11.1 Å². The molecule has 0 spiro atoms. The third-order valence-electron chi connectivity index (χ3n) is 3.87. The molecule has 132 valence electrons. The molecule has 8 heteroatoms. The van der Waals surface area contributed by atoms with Gasteiger partial charge in [0.05, 0.1) is 0 Å². The van der Waals surface area contributed by atoms with E-state index in [2.05, 4.69) is 10.6 Å². The van der Waals surface area contributed by atoms with Gasteiger partial charge < -0.3 is 5.32 Å². The monoisotopic (exact) mass is 434 g/mol. The van der Waals surface area contributed by atoms with Crippen LogP contribution >= 0.6 is 58.2 Å². The van der Waals surface area contributed by atoms with Crippen molar-refractivity contribution >= 4 is 69.8 Å². The summed E-state index contributed by atoms with van der Waals surface area (Å²) < 4.78 is 0. The van der Waals surface area contributed by atoms with Crippen LogP contribution in [0.3, 0.4) is 0 Å². The molecule has 3 rings (SSSR count). The summed E-state index contributed by atoms with van der Waals surface area (Å²) in [5.74, 6) is 0.466. The molecule has 25 heavy (non-hydrogen) atoms. The van der Waals surface area contributed by atoms with E-state index >= 15 is 0 Å². The summed E-state index contributed by atoms with van der Waals surface area (Å²) in [4.78, 5) is 9.96. The third-order valence-corrected chi connectivity index (χ3v) is 6.32. The fourth-order valence-corrected chi connectivity index (χ4v) is 5.08. The Labute approximate surface area is 170 Å². The van der Waals surface area contributed by atoms with Gasteiger partial charge in [-0.1, -0.05) is 64.6 Å². The molecule has 1 saturated heterocycles. The van der Waals surface area contributed by atoms with Crippen LogP contribution in [-0.4, -0.2) is 23.0 Å². The summed E-state index contributed by atoms with van der Waals surface area (Å²) in [6.45, 7) is 0.838. The second-order valence-electron chi connectivity index (χ2n) is 5.42. The first-order valence-electron chi connectivity index (χ1n) is 7.47. The van der Waals surface area contributed by atoms with Gasteiger partial charge in [-0.3, -0.25) is 10.1 Å². The average Bonchev–Trinajstić information content (AvgIpc) is 3.06. The molecule has 1 aliphatic rings. The number of thioether (sulfide) groups is 1. The summed E-state index contributed by atoms with van der Waals surface area (Å²) in [6.07, 6.45) is 0. The zero-order valence-electron chi connectivity index (χ0n) is 12.9. The maximum Gasteiger partial charge on any atom is 0.257 e. The maximum absolute atomic E-state index is 11.6. The molecule has 1 unspecified atom stereocenters. The Kier molecular flexibility index (Phi) is 6.09. The molecule has 3 nitrogen and oxygen atoms in total. The number of alkyl halides is 2. The molecule has 2 aromatic carbocycles. The fraction of sp³-hybridized carbons (Fsp3) is 0.235. The first-order valence-corrected chi connectivity index (χ1v) is 10.1. The number of carbonyl (C=O) groups is 1. The van der Waals surface area contributed by atoms with Crippen molar-refractivity contribution < 1.29 is 4.79 Å². The summed E-state index contributed by atoms with van der Waals surface area (Å²) in [5.41, 5.74) is 2.46. The van der Waals surface area contributed by atoms with Gasteiger partial charge in [0.25, 0.3) is 5.91 Å². The first kappa shape index (κ1) is 19.2. The molecule has 0 aromatic heterocycles. The molecule has 2 N–H and O–H groups in total. The van der Waals surface area contributed by atoms with Crippen LogP contribution < -0.4 is 10.6 Å². The van der Waals surface area contributed by atoms with Crippen molar-refractivity contribution in [3.05, 3.63) is 63.6 Å². The van der Waals surface area contributed by atoms with Crippen molar-refractivity contribution in [2.24, 2.45) is 0 Å². The van der Waals surface area contributed by atoms with Crippen LogP contribution in [0.25, 0.3) is 0 Å². The van der Waals surface area contributed by atoms with Gasteiger partial charge in [-0.25, -0.2) is 0 Å². The Bertz CT molecular complexity index is 756. The van der Waals surface area contributed by atoms with Crippen LogP contribution in [0, 0.1) is 0 Å². The number of nitrogens with one attached hydrogen (secondary N) is 2. The second-order valence-corrected chi connectivity index (χ2v) is 8.64. The molecule has 2 aromatic rings. The summed E-state index contributed by atoms with van der Waals surface area (Å²) in [7, 11) is 0. The van der Waals surface area contributed by atoms with E-state index in [0.717, 1.165) is 23.4 Å². The van der Waals surface area contributed by atoms with E-state index in [1.165, 1.54) is 0 Å². The molecule has 0 saturated carbocycles. The minimum Gasteiger partial charge on any atom is -0.324 e. The fourth-order valence-electron chi connectivity index (χ4n) is 2.79. The highest BCUT2D eigenvalue weighted by Gasteiger charge is 2.41. The summed E-state index contributed by atoms with van der Waals surface area (Å²) >= 11 is 25.8. The van der Waals surface area contributed by atoms with Crippen LogP contribution in [0.15, 0.2) is 42.5 Å². The third kappa shape index (κ3) is 3.90. The highest BCUT2D eigenvalue weighted by Crippen LogP contribution is 2.48. The minimum atomic E-state index is -1.11. The second kappa shape index (κ2) is 7.95. The van der Waals surface area contributed by atoms with E-state index < -0.39 is 15.6 Å². The molecule has 1 fully saturated rings. The number of amides is 1. The molecule has 1 aliphatic heterocycles. The molecular formula is C17H14Cl4N2OS. The Balaban J connectivity index is 1.98. The number of hydrogen-bond donors (Lipinski definition) is 2. The van der Waals surface area contributed by atoms with Gasteiger partial charge in [0.2, 0.25) is 0 Å². The minimum absolute atomic E-state index is 0.465. The smallest absolute Gasteiger partial charge is 0.257 e. The van der Waals surface area contributed by atoms with E-state index in [0.29, 0.717) is 15.7 Å². The van der Waals surface area contributed by atoms with Gasteiger partial charge in [-0.2, -0.15) is 0 Å². The molecule has 1 heterocycles. The zero-order valence-corrected chi connectivity index (χ0v) is 16.7. The van der Waals surface area contributed by atoms with E-state index in [-0.39, 0.29) is 0 Å². The van der Waals surface area contributed by atoms with Gasteiger partial charge in [0.15, 0.2) is 4.84 Å². The molecule has 1 atom stereocenters. The molecular weight excluding hydrogens is 422 g/mol. The predicted molar refractivity (Wildman–Crippen MR) is 108 cm³/mol. The standard InChI is InChI=1S/C17H14Cl4N2OS/c18-12-2-1-3-13(19)14(12)17(22-8-9-25-17)10-4-6-11(7-5-10)23-16(24)15(20)21/h1-7,15,22H,8-9H2,(H,23,24). The Morgan fingerprint density at radius 1 is 1.12 bits per heavy atom. The molecule has 0 radical (unpaired) electrons. The van der Waals surface area contributed by atoms with E-state index in [9.17, 15) is 4.79 Å². The first-order chi connectivity index (χ1) is 11.9. The lowest BCUT2D eigenvalue weighted by Crippen LogP contribution is -2.36. The normalized spacial score (nSPS) is 20.0. The lowest BCUT2D eigenvalue weighted by Gasteiger charge is -2.31. The van der Waals surface area contributed by atoms with Crippen LogP contribution in [0.4, 0.5) is 5.69 Å². The highest BCUT2D eigenvalue weighted by atomic mass is 35.5. The number of benzene rings is 2. The predicted octanol–water partition coefficient (Wildman–Crippen LogP) is 5.27.